The van der Waals surface area contributed by atoms with Crippen molar-refractivity contribution < 1.29 is 19.4 Å². The molecule has 5 nitrogen and oxygen atoms in total. The molecular weight excluding hydrogens is 323 g/mol. The molecule has 1 aromatic heterocycles. The molecule has 1 atom stereocenters. The Balaban J connectivity index is 1.67. The van der Waals surface area contributed by atoms with E-state index in [9.17, 15) is 19.4 Å². The van der Waals surface area contributed by atoms with E-state index in [1.807, 2.05) is 6.07 Å². The fourth-order valence-electron chi connectivity index (χ4n) is 2.72. The van der Waals surface area contributed by atoms with Crippen LogP contribution in [0.25, 0.3) is 10.9 Å². The number of phenols is 1. The smallest absolute Gasteiger partial charge is 0.242 e. The number of hydrogen-bond donors (Lipinski definition) is 2. The zero-order valence-electron chi connectivity index (χ0n) is 13.8. The number of aromatic hydroxyl groups is 1. The standard InChI is InChI=1S/C19H19FN2O3/c1-21(11-18(24)14-3-6-16(23)7-4-14)19(25)12-22-9-8-13-2-5-15(20)10-17(13)22/h2-10,18,23-24H,11-12H2,1H3. The van der Waals surface area contributed by atoms with E-state index in [0.29, 0.717) is 11.1 Å². The molecule has 0 aliphatic carbocycles. The van der Waals surface area contributed by atoms with E-state index in [-0.39, 0.29) is 30.6 Å². The van der Waals surface area contributed by atoms with Gasteiger partial charge in [-0.05, 0) is 47.3 Å². The van der Waals surface area contributed by atoms with Gasteiger partial charge in [0, 0.05) is 13.2 Å². The molecule has 1 heterocycles. The quantitative estimate of drug-likeness (QED) is 0.749. The van der Waals surface area contributed by atoms with E-state index >= 15 is 0 Å². The molecule has 2 N–H and O–H groups in total. The van der Waals surface area contributed by atoms with Crippen molar-refractivity contribution in [2.45, 2.75) is 12.6 Å². The van der Waals surface area contributed by atoms with Crippen molar-refractivity contribution >= 4 is 16.8 Å². The van der Waals surface area contributed by atoms with Gasteiger partial charge in [0.2, 0.25) is 5.91 Å². The van der Waals surface area contributed by atoms with Crippen molar-refractivity contribution in [3.63, 3.8) is 0 Å². The Kier molecular flexibility index (Phi) is 4.72. The van der Waals surface area contributed by atoms with Crippen molar-refractivity contribution in [1.82, 2.24) is 9.47 Å². The molecule has 0 aliphatic rings. The summed E-state index contributed by atoms with van der Waals surface area (Å²) >= 11 is 0. The van der Waals surface area contributed by atoms with E-state index in [0.717, 1.165) is 5.39 Å². The van der Waals surface area contributed by atoms with Crippen LogP contribution < -0.4 is 0 Å². The molecule has 0 saturated heterocycles. The average Bonchev–Trinajstić information content (AvgIpc) is 2.97. The normalized spacial score (nSPS) is 12.3. The van der Waals surface area contributed by atoms with Gasteiger partial charge in [-0.15, -0.1) is 0 Å². The molecule has 0 bridgehead atoms. The van der Waals surface area contributed by atoms with Gasteiger partial charge in [-0.3, -0.25) is 4.79 Å². The lowest BCUT2D eigenvalue weighted by molar-refractivity contribution is -0.131. The van der Waals surface area contributed by atoms with Crippen LogP contribution in [0.4, 0.5) is 4.39 Å². The predicted molar refractivity (Wildman–Crippen MR) is 92.6 cm³/mol. The first-order valence-corrected chi connectivity index (χ1v) is 7.89. The SMILES string of the molecule is CN(CC(O)c1ccc(O)cc1)C(=O)Cn1ccc2ccc(F)cc21. The Bertz CT molecular complexity index is 889. The number of fused-ring (bicyclic) bond motifs is 1. The number of aliphatic hydroxyl groups excluding tert-OH is 1. The number of carbonyl (C=O) groups excluding carboxylic acids is 1. The average molecular weight is 342 g/mol. The lowest BCUT2D eigenvalue weighted by Gasteiger charge is -2.21. The maximum absolute atomic E-state index is 13.4. The zero-order valence-corrected chi connectivity index (χ0v) is 13.8. The Morgan fingerprint density at radius 2 is 1.92 bits per heavy atom. The number of likely N-dealkylation sites (N-methyl/N-ethyl adjacent to an activating group) is 1. The van der Waals surface area contributed by atoms with Crippen LogP contribution >= 0.6 is 0 Å². The summed E-state index contributed by atoms with van der Waals surface area (Å²) in [4.78, 5) is 13.9. The molecule has 6 heteroatoms. The van der Waals surface area contributed by atoms with E-state index in [2.05, 4.69) is 0 Å². The third-order valence-corrected chi connectivity index (χ3v) is 4.19. The number of aliphatic hydroxyl groups is 1. The molecule has 2 aromatic carbocycles. The number of carbonyl (C=O) groups is 1. The molecule has 0 aliphatic heterocycles. The fourth-order valence-corrected chi connectivity index (χ4v) is 2.72. The van der Waals surface area contributed by atoms with Crippen LogP contribution in [0, 0.1) is 5.82 Å². The molecule has 25 heavy (non-hydrogen) atoms. The summed E-state index contributed by atoms with van der Waals surface area (Å²) in [5.74, 6) is -0.428. The first-order valence-electron chi connectivity index (χ1n) is 7.89. The van der Waals surface area contributed by atoms with Gasteiger partial charge >= 0.3 is 0 Å². The predicted octanol–water partition coefficient (Wildman–Crippen LogP) is 2.68. The van der Waals surface area contributed by atoms with Gasteiger partial charge in [0.15, 0.2) is 0 Å². The summed E-state index contributed by atoms with van der Waals surface area (Å²) in [5.41, 5.74) is 1.27. The first kappa shape index (κ1) is 17.0. The van der Waals surface area contributed by atoms with Crippen LogP contribution in [0.2, 0.25) is 0 Å². The van der Waals surface area contributed by atoms with Crippen LogP contribution in [0.3, 0.4) is 0 Å². The highest BCUT2D eigenvalue weighted by Crippen LogP contribution is 2.19. The van der Waals surface area contributed by atoms with Gasteiger partial charge in [-0.25, -0.2) is 4.39 Å². The molecule has 130 valence electrons. The van der Waals surface area contributed by atoms with E-state index in [1.54, 1.807) is 36.0 Å². The second-order valence-electron chi connectivity index (χ2n) is 6.03. The monoisotopic (exact) mass is 342 g/mol. The fraction of sp³-hybridized carbons (Fsp3) is 0.211. The second kappa shape index (κ2) is 6.94. The lowest BCUT2D eigenvalue weighted by Crippen LogP contribution is -2.33. The Morgan fingerprint density at radius 1 is 1.20 bits per heavy atom. The van der Waals surface area contributed by atoms with Crippen LogP contribution in [0.1, 0.15) is 11.7 Å². The third kappa shape index (κ3) is 3.80. The zero-order chi connectivity index (χ0) is 18.0. The summed E-state index contributed by atoms with van der Waals surface area (Å²) < 4.78 is 15.1. The van der Waals surface area contributed by atoms with Crippen molar-refractivity contribution in [1.29, 1.82) is 0 Å². The minimum Gasteiger partial charge on any atom is -0.508 e. The number of nitrogens with zero attached hydrogens (tertiary/aromatic N) is 2. The highest BCUT2D eigenvalue weighted by Gasteiger charge is 2.16. The Morgan fingerprint density at radius 3 is 2.64 bits per heavy atom. The molecule has 0 saturated carbocycles. The summed E-state index contributed by atoms with van der Waals surface area (Å²) in [6.07, 6.45) is 0.889. The van der Waals surface area contributed by atoms with Crippen LogP contribution in [0.15, 0.2) is 54.7 Å². The minimum atomic E-state index is -0.853. The third-order valence-electron chi connectivity index (χ3n) is 4.19. The number of amides is 1. The Hall–Kier alpha value is -2.86. The van der Waals surface area contributed by atoms with Gasteiger partial charge in [-0.1, -0.05) is 12.1 Å². The number of phenolic OH excluding ortho intramolecular Hbond substituents is 1. The van der Waals surface area contributed by atoms with Crippen LogP contribution in [-0.4, -0.2) is 39.2 Å². The van der Waals surface area contributed by atoms with E-state index in [1.165, 1.54) is 29.2 Å². The summed E-state index contributed by atoms with van der Waals surface area (Å²) in [5, 5.41) is 20.4. The lowest BCUT2D eigenvalue weighted by atomic mass is 10.1. The van der Waals surface area contributed by atoms with Gasteiger partial charge in [0.1, 0.15) is 18.1 Å². The minimum absolute atomic E-state index is 0.0613. The summed E-state index contributed by atoms with van der Waals surface area (Å²) in [6.45, 7) is 0.183. The van der Waals surface area contributed by atoms with E-state index in [4.69, 9.17) is 0 Å². The maximum atomic E-state index is 13.4. The molecule has 3 rings (SSSR count). The van der Waals surface area contributed by atoms with Crippen molar-refractivity contribution in [2.24, 2.45) is 0 Å². The summed E-state index contributed by atoms with van der Waals surface area (Å²) in [7, 11) is 1.61. The van der Waals surface area contributed by atoms with Gasteiger partial charge in [0.25, 0.3) is 0 Å². The molecule has 0 radical (unpaired) electrons. The maximum Gasteiger partial charge on any atom is 0.242 e. The molecule has 3 aromatic rings. The number of aromatic nitrogens is 1. The van der Waals surface area contributed by atoms with Gasteiger partial charge < -0.3 is 19.7 Å². The van der Waals surface area contributed by atoms with Crippen LogP contribution in [-0.2, 0) is 11.3 Å². The highest BCUT2D eigenvalue weighted by molar-refractivity contribution is 5.83. The van der Waals surface area contributed by atoms with Crippen LogP contribution in [0.5, 0.6) is 5.75 Å². The molecule has 0 fully saturated rings. The highest BCUT2D eigenvalue weighted by atomic mass is 19.1. The number of benzene rings is 2. The number of hydrogen-bond acceptors (Lipinski definition) is 3. The van der Waals surface area contributed by atoms with Crippen molar-refractivity contribution in [3.05, 3.63) is 66.1 Å². The molecular formula is C19H19FN2O3. The molecule has 1 amide bonds. The molecule has 0 spiro atoms. The number of rotatable bonds is 5. The number of halogens is 1. The van der Waals surface area contributed by atoms with Gasteiger partial charge in [-0.2, -0.15) is 0 Å². The van der Waals surface area contributed by atoms with Crippen molar-refractivity contribution in [2.75, 3.05) is 13.6 Å². The Labute approximate surface area is 144 Å². The summed E-state index contributed by atoms with van der Waals surface area (Å²) in [6, 6.07) is 12.5. The van der Waals surface area contributed by atoms with Crippen molar-refractivity contribution in [3.8, 4) is 5.75 Å². The van der Waals surface area contributed by atoms with Gasteiger partial charge in [0.05, 0.1) is 18.2 Å². The topological polar surface area (TPSA) is 65.7 Å². The molecule has 1 unspecified atom stereocenters. The second-order valence-corrected chi connectivity index (χ2v) is 6.03. The first-order chi connectivity index (χ1) is 11.9. The largest absolute Gasteiger partial charge is 0.508 e. The van der Waals surface area contributed by atoms with E-state index < -0.39 is 6.10 Å².